The minimum atomic E-state index is 0. The third-order valence-electron chi connectivity index (χ3n) is 3.01. The summed E-state index contributed by atoms with van der Waals surface area (Å²) in [5.41, 5.74) is 6.06. The molecule has 0 aromatic carbocycles. The first kappa shape index (κ1) is 14.2. The second-order valence-corrected chi connectivity index (χ2v) is 6.28. The Balaban J connectivity index is 0.00000128. The summed E-state index contributed by atoms with van der Waals surface area (Å²) in [6.07, 6.45) is 2.91. The standard InChI is InChI=1S/C10H16ClN3S.ClH/c1-10(6-12)2-3-14(7-10)5-9-13-4-8(11)15-9;/h4H,2-3,5-7,12H2,1H3;1H. The molecule has 2 heterocycles. The molecule has 6 heteroatoms. The molecule has 1 atom stereocenters. The van der Waals surface area contributed by atoms with Gasteiger partial charge in [0.05, 0.1) is 12.7 Å². The van der Waals surface area contributed by atoms with Crippen molar-refractivity contribution < 1.29 is 0 Å². The number of thiazole rings is 1. The van der Waals surface area contributed by atoms with Gasteiger partial charge in [-0.15, -0.1) is 23.7 Å². The van der Waals surface area contributed by atoms with E-state index in [9.17, 15) is 0 Å². The minimum absolute atomic E-state index is 0. The largest absolute Gasteiger partial charge is 0.330 e. The highest BCUT2D eigenvalue weighted by Crippen LogP contribution is 2.30. The van der Waals surface area contributed by atoms with E-state index in [0.29, 0.717) is 5.41 Å². The van der Waals surface area contributed by atoms with Gasteiger partial charge in [0.25, 0.3) is 0 Å². The molecule has 1 aliphatic rings. The Morgan fingerprint density at radius 1 is 1.69 bits per heavy atom. The lowest BCUT2D eigenvalue weighted by atomic mass is 9.90. The van der Waals surface area contributed by atoms with Crippen molar-refractivity contribution in [3.8, 4) is 0 Å². The molecule has 3 nitrogen and oxygen atoms in total. The van der Waals surface area contributed by atoms with Crippen molar-refractivity contribution in [3.63, 3.8) is 0 Å². The summed E-state index contributed by atoms with van der Waals surface area (Å²) in [6.45, 7) is 6.11. The molecule has 0 bridgehead atoms. The normalized spacial score (nSPS) is 25.7. The van der Waals surface area contributed by atoms with Crippen LogP contribution < -0.4 is 5.73 Å². The number of nitrogens with two attached hydrogens (primary N) is 1. The molecule has 2 N–H and O–H groups in total. The molecule has 1 aliphatic heterocycles. The smallest absolute Gasteiger partial charge is 0.113 e. The maximum Gasteiger partial charge on any atom is 0.113 e. The van der Waals surface area contributed by atoms with E-state index in [-0.39, 0.29) is 12.4 Å². The average molecular weight is 282 g/mol. The molecule has 0 amide bonds. The van der Waals surface area contributed by atoms with Crippen molar-refractivity contribution in [3.05, 3.63) is 15.5 Å². The summed E-state index contributed by atoms with van der Waals surface area (Å²) in [4.78, 5) is 6.67. The van der Waals surface area contributed by atoms with Crippen LogP contribution in [0.2, 0.25) is 4.34 Å². The van der Waals surface area contributed by atoms with Crippen LogP contribution in [0.1, 0.15) is 18.4 Å². The number of nitrogens with zero attached hydrogens (tertiary/aromatic N) is 2. The van der Waals surface area contributed by atoms with Gasteiger partial charge in [0, 0.05) is 6.54 Å². The van der Waals surface area contributed by atoms with E-state index in [4.69, 9.17) is 17.3 Å². The maximum absolute atomic E-state index is 5.85. The Hall–Kier alpha value is 0.130. The van der Waals surface area contributed by atoms with Gasteiger partial charge < -0.3 is 5.73 Å². The first-order valence-electron chi connectivity index (χ1n) is 5.14. The number of halogens is 2. The lowest BCUT2D eigenvalue weighted by molar-refractivity contribution is 0.274. The fraction of sp³-hybridized carbons (Fsp3) is 0.700. The molecule has 2 rings (SSSR count). The molecule has 16 heavy (non-hydrogen) atoms. The van der Waals surface area contributed by atoms with Crippen LogP contribution in [0.25, 0.3) is 0 Å². The van der Waals surface area contributed by atoms with Gasteiger partial charge in [-0.3, -0.25) is 4.90 Å². The lowest BCUT2D eigenvalue weighted by Crippen LogP contribution is -2.31. The van der Waals surface area contributed by atoms with Crippen LogP contribution in [-0.4, -0.2) is 29.5 Å². The molecule has 0 radical (unpaired) electrons. The summed E-state index contributed by atoms with van der Waals surface area (Å²) < 4.78 is 0.769. The predicted octanol–water partition coefficient (Wildman–Crippen LogP) is 2.39. The molecule has 1 aromatic heterocycles. The Bertz CT molecular complexity index is 345. The van der Waals surface area contributed by atoms with Gasteiger partial charge in [0.2, 0.25) is 0 Å². The van der Waals surface area contributed by atoms with E-state index in [1.54, 1.807) is 17.5 Å². The zero-order valence-corrected chi connectivity index (χ0v) is 11.7. The van der Waals surface area contributed by atoms with Crippen molar-refractivity contribution in [1.82, 2.24) is 9.88 Å². The first-order chi connectivity index (χ1) is 7.11. The predicted molar refractivity (Wildman–Crippen MR) is 71.4 cm³/mol. The summed E-state index contributed by atoms with van der Waals surface area (Å²) in [6, 6.07) is 0. The lowest BCUT2D eigenvalue weighted by Gasteiger charge is -2.21. The van der Waals surface area contributed by atoms with Crippen LogP contribution in [0.3, 0.4) is 0 Å². The topological polar surface area (TPSA) is 42.1 Å². The molecular weight excluding hydrogens is 265 g/mol. The van der Waals surface area contributed by atoms with Crippen molar-refractivity contribution in [2.75, 3.05) is 19.6 Å². The van der Waals surface area contributed by atoms with Crippen molar-refractivity contribution in [2.45, 2.75) is 19.9 Å². The fourth-order valence-corrected chi connectivity index (χ4v) is 2.98. The summed E-state index contributed by atoms with van der Waals surface area (Å²) >= 11 is 7.41. The molecule has 0 saturated carbocycles. The van der Waals surface area contributed by atoms with Gasteiger partial charge in [-0.2, -0.15) is 0 Å². The van der Waals surface area contributed by atoms with E-state index >= 15 is 0 Å². The van der Waals surface area contributed by atoms with Crippen molar-refractivity contribution >= 4 is 35.3 Å². The van der Waals surface area contributed by atoms with E-state index in [1.165, 1.54) is 6.42 Å². The molecule has 1 saturated heterocycles. The zero-order chi connectivity index (χ0) is 10.9. The molecule has 1 aromatic rings. The maximum atomic E-state index is 5.85. The molecule has 92 valence electrons. The highest BCUT2D eigenvalue weighted by molar-refractivity contribution is 7.15. The number of rotatable bonds is 3. The van der Waals surface area contributed by atoms with Crippen molar-refractivity contribution in [2.24, 2.45) is 11.1 Å². The number of aromatic nitrogens is 1. The van der Waals surface area contributed by atoms with Crippen LogP contribution in [-0.2, 0) is 6.54 Å². The second-order valence-electron chi connectivity index (χ2n) is 4.53. The second kappa shape index (κ2) is 5.65. The summed E-state index contributed by atoms with van der Waals surface area (Å²) in [5.74, 6) is 0. The molecule has 0 spiro atoms. The Morgan fingerprint density at radius 3 is 2.94 bits per heavy atom. The number of hydrogen-bond donors (Lipinski definition) is 1. The highest BCUT2D eigenvalue weighted by Gasteiger charge is 2.32. The Morgan fingerprint density at radius 2 is 2.44 bits per heavy atom. The SMILES string of the molecule is CC1(CN)CCN(Cc2ncc(Cl)s2)C1.Cl. The summed E-state index contributed by atoms with van der Waals surface area (Å²) in [5, 5.41) is 1.10. The Labute approximate surface area is 111 Å². The van der Waals surface area contributed by atoms with Gasteiger partial charge in [0.1, 0.15) is 9.34 Å². The first-order valence-corrected chi connectivity index (χ1v) is 6.33. The van der Waals surface area contributed by atoms with E-state index in [2.05, 4.69) is 16.8 Å². The quantitative estimate of drug-likeness (QED) is 0.925. The third kappa shape index (κ3) is 3.31. The molecular formula is C10H17Cl2N3S. The van der Waals surface area contributed by atoms with Gasteiger partial charge in [-0.1, -0.05) is 18.5 Å². The fourth-order valence-electron chi connectivity index (χ4n) is 1.98. The van der Waals surface area contributed by atoms with Crippen LogP contribution in [0.15, 0.2) is 6.20 Å². The zero-order valence-electron chi connectivity index (χ0n) is 9.28. The van der Waals surface area contributed by atoms with Gasteiger partial charge >= 0.3 is 0 Å². The van der Waals surface area contributed by atoms with Crippen LogP contribution in [0.5, 0.6) is 0 Å². The van der Waals surface area contributed by atoms with Gasteiger partial charge in [-0.05, 0) is 24.9 Å². The number of hydrogen-bond acceptors (Lipinski definition) is 4. The van der Waals surface area contributed by atoms with Gasteiger partial charge in [0.15, 0.2) is 0 Å². The van der Waals surface area contributed by atoms with E-state index in [1.807, 2.05) is 0 Å². The molecule has 0 aliphatic carbocycles. The van der Waals surface area contributed by atoms with E-state index in [0.717, 1.165) is 35.5 Å². The third-order valence-corrected chi connectivity index (χ3v) is 4.11. The molecule has 1 fully saturated rings. The Kier molecular flexibility index (Phi) is 5.01. The van der Waals surface area contributed by atoms with Crippen molar-refractivity contribution in [1.29, 1.82) is 0 Å². The van der Waals surface area contributed by atoms with Crippen LogP contribution >= 0.6 is 35.3 Å². The van der Waals surface area contributed by atoms with E-state index < -0.39 is 0 Å². The highest BCUT2D eigenvalue weighted by atomic mass is 35.5. The van der Waals surface area contributed by atoms with Crippen LogP contribution in [0, 0.1) is 5.41 Å². The minimum Gasteiger partial charge on any atom is -0.330 e. The van der Waals surface area contributed by atoms with Gasteiger partial charge in [-0.25, -0.2) is 4.98 Å². The monoisotopic (exact) mass is 281 g/mol. The number of likely N-dealkylation sites (tertiary alicyclic amines) is 1. The molecule has 1 unspecified atom stereocenters. The average Bonchev–Trinajstić information content (AvgIpc) is 2.76. The summed E-state index contributed by atoms with van der Waals surface area (Å²) in [7, 11) is 0. The van der Waals surface area contributed by atoms with Crippen LogP contribution in [0.4, 0.5) is 0 Å².